The molecule has 12 nitrogen and oxygen atoms in total. The monoisotopic (exact) mass is 779 g/mol. The van der Waals surface area contributed by atoms with Crippen molar-refractivity contribution in [2.45, 2.75) is 129 Å². The molecule has 3 heterocycles. The van der Waals surface area contributed by atoms with Gasteiger partial charge in [-0.1, -0.05) is 26.0 Å². The van der Waals surface area contributed by atoms with Gasteiger partial charge < -0.3 is 19.1 Å². The second kappa shape index (κ2) is 15.5. The van der Waals surface area contributed by atoms with Crippen LogP contribution in [-0.2, 0) is 33.9 Å². The van der Waals surface area contributed by atoms with Crippen LogP contribution in [0.2, 0.25) is 0 Å². The Labute approximate surface area is 325 Å². The summed E-state index contributed by atoms with van der Waals surface area (Å²) in [5.41, 5.74) is -2.01. The maximum Gasteiger partial charge on any atom is 0.307 e. The quantitative estimate of drug-likeness (QED) is 0.226. The van der Waals surface area contributed by atoms with E-state index in [1.54, 1.807) is 33.9 Å². The van der Waals surface area contributed by atoms with Gasteiger partial charge in [0, 0.05) is 24.4 Å². The van der Waals surface area contributed by atoms with Gasteiger partial charge in [-0.2, -0.15) is 0 Å². The van der Waals surface area contributed by atoms with E-state index in [0.717, 1.165) is 23.6 Å². The number of rotatable bonds is 9. The molecule has 2 aliphatic heterocycles. The smallest absolute Gasteiger partial charge is 0.307 e. The third kappa shape index (κ3) is 9.02. The molecule has 3 fully saturated rings. The van der Waals surface area contributed by atoms with Gasteiger partial charge in [-0.05, 0) is 121 Å². The van der Waals surface area contributed by atoms with Crippen molar-refractivity contribution in [3.05, 3.63) is 42.6 Å². The average molecular weight is 780 g/mol. The van der Waals surface area contributed by atoms with E-state index >= 15 is 0 Å². The Hall–Kier alpha value is -4.00. The summed E-state index contributed by atoms with van der Waals surface area (Å²) in [6.07, 6.45) is 8.19. The van der Waals surface area contributed by atoms with Gasteiger partial charge >= 0.3 is 5.97 Å². The van der Waals surface area contributed by atoms with Crippen LogP contribution in [0.25, 0.3) is 10.8 Å². The molecule has 6 rings (SSSR count). The number of sulfonamides is 1. The minimum absolute atomic E-state index is 0.0622. The number of ether oxygens (including phenoxy) is 3. The Morgan fingerprint density at radius 1 is 1.09 bits per heavy atom. The number of aromatic nitrogens is 1. The number of nitrogens with zero attached hydrogens (tertiary/aromatic N) is 2. The standard InChI is InChI=1S/C42H57N3O9S/c1-8-52-30-13-14-32-28(20-30)15-18-43-37(32)53-31-21-34-35(46)24-42(39(49)44-55(50,51)41(7)16-17-41)23-29(42)12-10-9-11-26(2)19-27(3)33(38(48)45(34)25-31)22-36(47)54-40(4,5)6/h10,12-15,18,20,26-27,29,31,33-34H,8-9,11,16-17,19,21-25H2,1-7H3,(H,44,49)/b12-10-/t26-,27+,29+,31+,33-,34-,42+/m0/s1. The molecule has 2 saturated carbocycles. The minimum atomic E-state index is -3.95. The maximum atomic E-state index is 14.9. The maximum absolute atomic E-state index is 14.9. The van der Waals surface area contributed by atoms with Gasteiger partial charge in [0.05, 0.1) is 41.7 Å². The summed E-state index contributed by atoms with van der Waals surface area (Å²) in [5.74, 6) is -1.89. The Morgan fingerprint density at radius 2 is 1.84 bits per heavy atom. The number of Topliss-reactive ketones (excluding diaryl/α,β-unsaturated/α-hetero) is 1. The van der Waals surface area contributed by atoms with Crippen LogP contribution in [0.4, 0.5) is 0 Å². The molecule has 2 aliphatic carbocycles. The zero-order valence-corrected chi connectivity index (χ0v) is 34.1. The molecule has 300 valence electrons. The van der Waals surface area contributed by atoms with Crippen LogP contribution < -0.4 is 14.2 Å². The highest BCUT2D eigenvalue weighted by atomic mass is 32.2. The summed E-state index contributed by atoms with van der Waals surface area (Å²) in [6, 6.07) is 6.49. The van der Waals surface area contributed by atoms with Crippen LogP contribution in [0, 0.1) is 29.1 Å². The molecular weight excluding hydrogens is 723 g/mol. The molecule has 4 aliphatic rings. The fourth-order valence-electron chi connectivity index (χ4n) is 8.28. The van der Waals surface area contributed by atoms with E-state index in [1.165, 1.54) is 4.90 Å². The summed E-state index contributed by atoms with van der Waals surface area (Å²) in [5, 5.41) is 1.60. The number of amides is 2. The summed E-state index contributed by atoms with van der Waals surface area (Å²) in [4.78, 5) is 62.8. The van der Waals surface area contributed by atoms with Crippen LogP contribution in [0.5, 0.6) is 11.6 Å². The van der Waals surface area contributed by atoms with Crippen molar-refractivity contribution < 1.29 is 41.8 Å². The first-order valence-corrected chi connectivity index (χ1v) is 21.3. The van der Waals surface area contributed by atoms with E-state index in [2.05, 4.69) is 16.6 Å². The van der Waals surface area contributed by atoms with Crippen molar-refractivity contribution in [3.63, 3.8) is 0 Å². The fourth-order valence-corrected chi connectivity index (χ4v) is 9.62. The largest absolute Gasteiger partial charge is 0.494 e. The van der Waals surface area contributed by atoms with Crippen LogP contribution in [0.3, 0.4) is 0 Å². The van der Waals surface area contributed by atoms with Crippen molar-refractivity contribution in [1.82, 2.24) is 14.6 Å². The molecule has 0 radical (unpaired) electrons. The molecule has 2 amide bonds. The summed E-state index contributed by atoms with van der Waals surface area (Å²) < 4.78 is 45.7. The highest BCUT2D eigenvalue weighted by Crippen LogP contribution is 2.57. The Kier molecular flexibility index (Phi) is 11.5. The average Bonchev–Trinajstić information content (AvgIpc) is 3.98. The highest BCUT2D eigenvalue weighted by Gasteiger charge is 2.62. The lowest BCUT2D eigenvalue weighted by Crippen LogP contribution is -2.48. The molecule has 1 aromatic heterocycles. The number of nitrogens with one attached hydrogen (secondary N) is 1. The number of carbonyl (C=O) groups is 4. The number of fused-ring (bicyclic) bond motifs is 3. The number of ketones is 1. The second-order valence-electron chi connectivity index (χ2n) is 17.6. The molecule has 13 heteroatoms. The van der Waals surface area contributed by atoms with Gasteiger partial charge in [0.15, 0.2) is 5.78 Å². The topological polar surface area (TPSA) is 158 Å². The van der Waals surface area contributed by atoms with E-state index in [1.807, 2.05) is 50.3 Å². The molecule has 7 atom stereocenters. The van der Waals surface area contributed by atoms with Crippen LogP contribution in [0.1, 0.15) is 106 Å². The van der Waals surface area contributed by atoms with E-state index in [9.17, 15) is 27.6 Å². The number of pyridine rings is 1. The van der Waals surface area contributed by atoms with Crippen molar-refractivity contribution >= 4 is 44.4 Å². The van der Waals surface area contributed by atoms with Crippen LogP contribution in [-0.4, -0.2) is 77.5 Å². The first-order chi connectivity index (χ1) is 25.8. The lowest BCUT2D eigenvalue weighted by molar-refractivity contribution is -0.160. The molecule has 0 bridgehead atoms. The van der Waals surface area contributed by atoms with Gasteiger partial charge in [0.2, 0.25) is 27.7 Å². The number of hydrogen-bond acceptors (Lipinski definition) is 10. The van der Waals surface area contributed by atoms with Crippen molar-refractivity contribution in [2.24, 2.45) is 29.1 Å². The molecule has 1 aromatic carbocycles. The van der Waals surface area contributed by atoms with Crippen LogP contribution in [0.15, 0.2) is 42.6 Å². The Balaban J connectivity index is 1.34. The number of carbonyl (C=O) groups excluding carboxylic acids is 4. The van der Waals surface area contributed by atoms with E-state index in [4.69, 9.17) is 14.2 Å². The fraction of sp³-hybridized carbons (Fsp3) is 0.643. The lowest BCUT2D eigenvalue weighted by atomic mass is 9.82. The molecule has 2 aromatic rings. The molecule has 0 unspecified atom stereocenters. The summed E-state index contributed by atoms with van der Waals surface area (Å²) >= 11 is 0. The third-order valence-corrected chi connectivity index (χ3v) is 14.1. The minimum Gasteiger partial charge on any atom is -0.494 e. The summed E-state index contributed by atoms with van der Waals surface area (Å²) in [7, 11) is -3.95. The SMILES string of the molecule is CCOc1ccc2c(O[C@@H]3C[C@H]4C(=O)C[C@]5(C(=O)NS(=O)(=O)C6(C)CC6)C[C@H]5/C=C\CC[C@H](C)C[C@@H](C)[C@H](CC(=O)OC(C)(C)C)C(=O)N4C3)nccc2c1. The van der Waals surface area contributed by atoms with Crippen LogP contribution >= 0.6 is 0 Å². The normalized spacial score (nSPS) is 30.3. The first-order valence-electron chi connectivity index (χ1n) is 19.8. The number of benzene rings is 1. The number of hydrogen-bond donors (Lipinski definition) is 1. The zero-order valence-electron chi connectivity index (χ0n) is 33.3. The lowest BCUT2D eigenvalue weighted by Gasteiger charge is -2.32. The van der Waals surface area contributed by atoms with Crippen molar-refractivity contribution in [3.8, 4) is 11.6 Å². The van der Waals surface area contributed by atoms with E-state index in [0.29, 0.717) is 43.9 Å². The highest BCUT2D eigenvalue weighted by molar-refractivity contribution is 7.91. The molecular formula is C42H57N3O9S. The van der Waals surface area contributed by atoms with E-state index < -0.39 is 55.7 Å². The summed E-state index contributed by atoms with van der Waals surface area (Å²) in [6.45, 7) is 13.6. The molecule has 1 saturated heterocycles. The van der Waals surface area contributed by atoms with Gasteiger partial charge in [-0.25, -0.2) is 13.4 Å². The predicted molar refractivity (Wildman–Crippen MR) is 208 cm³/mol. The van der Waals surface area contributed by atoms with Crippen molar-refractivity contribution in [1.29, 1.82) is 0 Å². The van der Waals surface area contributed by atoms with Crippen molar-refractivity contribution in [2.75, 3.05) is 13.2 Å². The Morgan fingerprint density at radius 3 is 2.53 bits per heavy atom. The van der Waals surface area contributed by atoms with E-state index in [-0.39, 0.29) is 55.3 Å². The third-order valence-electron chi connectivity index (χ3n) is 11.9. The first kappa shape index (κ1) is 40.7. The zero-order chi connectivity index (χ0) is 39.9. The molecule has 55 heavy (non-hydrogen) atoms. The van der Waals surface area contributed by atoms with Gasteiger partial charge in [0.1, 0.15) is 17.5 Å². The van der Waals surface area contributed by atoms with Gasteiger partial charge in [-0.15, -0.1) is 0 Å². The predicted octanol–water partition coefficient (Wildman–Crippen LogP) is 6.31. The van der Waals surface area contributed by atoms with Gasteiger partial charge in [-0.3, -0.25) is 23.9 Å². The number of esters is 1. The second-order valence-corrected chi connectivity index (χ2v) is 19.8. The number of allylic oxidation sites excluding steroid dienone is 2. The molecule has 0 spiro atoms. The molecule has 1 N–H and O–H groups in total. The van der Waals surface area contributed by atoms with Gasteiger partial charge in [0.25, 0.3) is 0 Å². The Bertz CT molecular complexity index is 1950.